The van der Waals surface area contributed by atoms with E-state index in [0.29, 0.717) is 17.1 Å². The largest absolute Gasteiger partial charge is 0.504 e. The molecule has 118 valence electrons. The maximum absolute atomic E-state index is 12.2. The van der Waals surface area contributed by atoms with Crippen LogP contribution in [0.25, 0.3) is 0 Å². The summed E-state index contributed by atoms with van der Waals surface area (Å²) in [4.78, 5) is 12.2. The van der Waals surface area contributed by atoms with Gasteiger partial charge in [0.1, 0.15) is 6.61 Å². The Hall–Kier alpha value is -2.96. The van der Waals surface area contributed by atoms with Crippen molar-refractivity contribution in [2.24, 2.45) is 0 Å². The zero-order chi connectivity index (χ0) is 16.1. The van der Waals surface area contributed by atoms with Crippen molar-refractivity contribution in [2.45, 2.75) is 12.8 Å². The van der Waals surface area contributed by atoms with Crippen molar-refractivity contribution in [1.82, 2.24) is 10.2 Å². The molecule has 23 heavy (non-hydrogen) atoms. The third-order valence-electron chi connectivity index (χ3n) is 4.27. The number of aromatic amines is 1. The highest BCUT2D eigenvalue weighted by atomic mass is 16.5. The number of esters is 1. The number of ether oxygens (including phenoxy) is 2. The Morgan fingerprint density at radius 2 is 2.26 bits per heavy atom. The first kappa shape index (κ1) is 13.7. The van der Waals surface area contributed by atoms with Gasteiger partial charge in [0, 0.05) is 17.2 Å². The summed E-state index contributed by atoms with van der Waals surface area (Å²) in [5, 5.41) is 20.2. The zero-order valence-corrected chi connectivity index (χ0v) is 12.6. The fourth-order valence-corrected chi connectivity index (χ4v) is 3.19. The van der Waals surface area contributed by atoms with Crippen LogP contribution in [-0.2, 0) is 9.53 Å². The van der Waals surface area contributed by atoms with Crippen molar-refractivity contribution < 1.29 is 19.4 Å². The smallest absolute Gasteiger partial charge is 0.337 e. The quantitative estimate of drug-likeness (QED) is 0.732. The molecule has 7 heteroatoms. The minimum absolute atomic E-state index is 0.0533. The molecule has 1 atom stereocenters. The number of hydrogen-bond acceptors (Lipinski definition) is 6. The molecule has 1 aromatic heterocycles. The summed E-state index contributed by atoms with van der Waals surface area (Å²) >= 11 is 0. The lowest BCUT2D eigenvalue weighted by atomic mass is 9.82. The highest BCUT2D eigenvalue weighted by Crippen LogP contribution is 2.46. The number of aromatic nitrogens is 2. The number of aromatic hydroxyl groups is 1. The number of nitrogens with one attached hydrogen (secondary N) is 2. The van der Waals surface area contributed by atoms with Crippen LogP contribution in [0.4, 0.5) is 5.82 Å². The predicted molar refractivity (Wildman–Crippen MR) is 81.4 cm³/mol. The van der Waals surface area contributed by atoms with Gasteiger partial charge in [0.2, 0.25) is 0 Å². The molecular formula is C16H15N3O4. The molecule has 7 nitrogen and oxygen atoms in total. The van der Waals surface area contributed by atoms with Gasteiger partial charge in [0.05, 0.1) is 18.4 Å². The Labute approximate surface area is 131 Å². The fourth-order valence-electron chi connectivity index (χ4n) is 3.19. The maximum Gasteiger partial charge on any atom is 0.337 e. The molecule has 2 aromatic rings. The van der Waals surface area contributed by atoms with Crippen LogP contribution < -0.4 is 10.1 Å². The molecule has 4 rings (SSSR count). The van der Waals surface area contributed by atoms with E-state index in [1.165, 1.54) is 7.11 Å². The number of cyclic esters (lactones) is 1. The number of phenolic OH excluding ortho intramolecular Hbond substituents is 1. The molecule has 2 aliphatic heterocycles. The first-order valence-electron chi connectivity index (χ1n) is 7.19. The van der Waals surface area contributed by atoms with Gasteiger partial charge >= 0.3 is 5.97 Å². The van der Waals surface area contributed by atoms with Crippen LogP contribution in [-0.4, -0.2) is 35.0 Å². The summed E-state index contributed by atoms with van der Waals surface area (Å²) in [5.74, 6) is 0.451. The number of methoxy groups -OCH3 is 1. The number of phenols is 1. The first-order chi connectivity index (χ1) is 11.1. The van der Waals surface area contributed by atoms with Crippen molar-refractivity contribution in [3.05, 3.63) is 46.3 Å². The van der Waals surface area contributed by atoms with Gasteiger partial charge in [-0.2, -0.15) is 5.10 Å². The van der Waals surface area contributed by atoms with Crippen molar-refractivity contribution in [3.63, 3.8) is 0 Å². The van der Waals surface area contributed by atoms with E-state index >= 15 is 0 Å². The molecule has 0 fully saturated rings. The topological polar surface area (TPSA) is 96.5 Å². The van der Waals surface area contributed by atoms with Gasteiger partial charge in [0.15, 0.2) is 17.3 Å². The molecule has 0 saturated heterocycles. The predicted octanol–water partition coefficient (Wildman–Crippen LogP) is 1.80. The van der Waals surface area contributed by atoms with E-state index in [-0.39, 0.29) is 24.2 Å². The zero-order valence-electron chi connectivity index (χ0n) is 12.6. The van der Waals surface area contributed by atoms with E-state index in [4.69, 9.17) is 9.47 Å². The summed E-state index contributed by atoms with van der Waals surface area (Å²) < 4.78 is 10.4. The average molecular weight is 313 g/mol. The second-order valence-electron chi connectivity index (χ2n) is 5.57. The number of aryl methyl sites for hydroxylation is 1. The van der Waals surface area contributed by atoms with Gasteiger partial charge in [0.25, 0.3) is 0 Å². The molecule has 0 radical (unpaired) electrons. The van der Waals surface area contributed by atoms with Crippen molar-refractivity contribution in [2.75, 3.05) is 19.0 Å². The summed E-state index contributed by atoms with van der Waals surface area (Å²) in [7, 11) is 1.49. The van der Waals surface area contributed by atoms with Crippen molar-refractivity contribution in [3.8, 4) is 11.5 Å². The molecular weight excluding hydrogens is 298 g/mol. The van der Waals surface area contributed by atoms with Gasteiger partial charge in [-0.25, -0.2) is 4.79 Å². The van der Waals surface area contributed by atoms with E-state index in [2.05, 4.69) is 15.5 Å². The molecule has 0 bridgehead atoms. The molecule has 0 unspecified atom stereocenters. The monoisotopic (exact) mass is 313 g/mol. The molecule has 0 amide bonds. The Morgan fingerprint density at radius 1 is 1.43 bits per heavy atom. The number of hydrogen-bond donors (Lipinski definition) is 3. The van der Waals surface area contributed by atoms with Crippen LogP contribution in [0.3, 0.4) is 0 Å². The molecule has 1 aromatic carbocycles. The van der Waals surface area contributed by atoms with Gasteiger partial charge in [-0.3, -0.25) is 5.10 Å². The van der Waals surface area contributed by atoms with Gasteiger partial charge in [-0.1, -0.05) is 6.07 Å². The molecule has 3 N–H and O–H groups in total. The molecule has 2 aliphatic rings. The fraction of sp³-hybridized carbons (Fsp3) is 0.250. The van der Waals surface area contributed by atoms with Crippen LogP contribution in [0.1, 0.15) is 22.7 Å². The molecule has 0 aliphatic carbocycles. The molecule has 0 spiro atoms. The van der Waals surface area contributed by atoms with Crippen LogP contribution in [0.15, 0.2) is 29.5 Å². The van der Waals surface area contributed by atoms with Crippen LogP contribution >= 0.6 is 0 Å². The average Bonchev–Trinajstić information content (AvgIpc) is 3.10. The lowest BCUT2D eigenvalue weighted by molar-refractivity contribution is -0.136. The Kier molecular flexibility index (Phi) is 2.84. The van der Waals surface area contributed by atoms with E-state index in [0.717, 1.165) is 22.5 Å². The second kappa shape index (κ2) is 4.77. The van der Waals surface area contributed by atoms with Crippen LogP contribution in [0.2, 0.25) is 0 Å². The minimum atomic E-state index is -0.337. The lowest BCUT2D eigenvalue weighted by Gasteiger charge is -2.24. The Balaban J connectivity index is 1.94. The van der Waals surface area contributed by atoms with E-state index < -0.39 is 0 Å². The number of rotatable bonds is 2. The highest BCUT2D eigenvalue weighted by molar-refractivity contribution is 5.97. The normalized spacial score (nSPS) is 19.0. The van der Waals surface area contributed by atoms with Crippen LogP contribution in [0.5, 0.6) is 11.5 Å². The summed E-state index contributed by atoms with van der Waals surface area (Å²) in [5.41, 5.74) is 3.91. The number of anilines is 1. The van der Waals surface area contributed by atoms with Gasteiger partial charge < -0.3 is 19.9 Å². The molecule has 3 heterocycles. The van der Waals surface area contributed by atoms with Gasteiger partial charge in [-0.15, -0.1) is 0 Å². The number of benzene rings is 1. The van der Waals surface area contributed by atoms with Crippen molar-refractivity contribution >= 4 is 11.8 Å². The van der Waals surface area contributed by atoms with Crippen molar-refractivity contribution in [1.29, 1.82) is 0 Å². The second-order valence-corrected chi connectivity index (χ2v) is 5.57. The maximum atomic E-state index is 12.2. The number of carbonyl (C=O) groups excluding carboxylic acids is 1. The van der Waals surface area contributed by atoms with E-state index in [9.17, 15) is 9.90 Å². The number of fused-ring (bicyclic) bond motifs is 1. The SMILES string of the molecule is COc1cc([C@H]2C3=C(COC3=O)Nc3n[nH]c(C)c32)ccc1O. The number of nitrogens with zero attached hydrogens (tertiary/aromatic N) is 1. The number of carbonyl (C=O) groups is 1. The van der Waals surface area contributed by atoms with Gasteiger partial charge in [-0.05, 0) is 24.6 Å². The standard InChI is InChI=1S/C16H15N3O4/c1-7-12-13(8-3-4-10(20)11(5-8)22-2)14-9(6-23-16(14)21)17-15(12)19-18-7/h3-5,13,20H,6H2,1-2H3,(H2,17,18,19)/t13-/m1/s1. The minimum Gasteiger partial charge on any atom is -0.504 e. The Bertz CT molecular complexity index is 853. The first-order valence-corrected chi connectivity index (χ1v) is 7.19. The summed E-state index contributed by atoms with van der Waals surface area (Å²) in [6, 6.07) is 5.07. The van der Waals surface area contributed by atoms with E-state index in [1.54, 1.807) is 18.2 Å². The third kappa shape index (κ3) is 1.89. The van der Waals surface area contributed by atoms with Crippen LogP contribution in [0, 0.1) is 6.92 Å². The summed E-state index contributed by atoms with van der Waals surface area (Å²) in [6.45, 7) is 2.12. The van der Waals surface area contributed by atoms with E-state index in [1.807, 2.05) is 6.92 Å². The highest BCUT2D eigenvalue weighted by Gasteiger charge is 2.40. The summed E-state index contributed by atoms with van der Waals surface area (Å²) in [6.07, 6.45) is 0. The number of H-pyrrole nitrogens is 1. The molecule has 0 saturated carbocycles. The Morgan fingerprint density at radius 3 is 3.04 bits per heavy atom. The lowest BCUT2D eigenvalue weighted by Crippen LogP contribution is -2.19. The third-order valence-corrected chi connectivity index (χ3v) is 4.27.